The smallest absolute Gasteiger partial charge is 0.322 e. The number of rotatable bonds is 6. The molecule has 138 valence electrons. The van der Waals surface area contributed by atoms with E-state index in [1.54, 1.807) is 36.5 Å². The topological polar surface area (TPSA) is 115 Å². The predicted octanol–water partition coefficient (Wildman–Crippen LogP) is 3.18. The van der Waals surface area contributed by atoms with Crippen molar-refractivity contribution in [3.63, 3.8) is 0 Å². The van der Waals surface area contributed by atoms with Gasteiger partial charge in [0.2, 0.25) is 0 Å². The van der Waals surface area contributed by atoms with E-state index in [9.17, 15) is 14.9 Å². The number of nitrogens with zero attached hydrogens (tertiary/aromatic N) is 2. The van der Waals surface area contributed by atoms with E-state index in [-0.39, 0.29) is 0 Å². The van der Waals surface area contributed by atoms with Crippen LogP contribution in [0.15, 0.2) is 66.9 Å². The minimum Gasteiger partial charge on any atom is -0.480 e. The van der Waals surface area contributed by atoms with Crippen LogP contribution < -0.4 is 10.6 Å². The Balaban J connectivity index is 1.75. The lowest BCUT2D eigenvalue weighted by Crippen LogP contribution is -2.29. The average molecular weight is 372 g/mol. The standard InChI is InChI=1S/C21H16N4O3/c22-11-16-10-17(14-4-2-1-3-5-14)12-23-20(16)25-18-8-6-15(7-9-18)21(28)24-13-19(26)27/h1-10,12H,13H2,(H,23,25)(H,24,28)(H,26,27). The number of carbonyl (C=O) groups is 2. The number of carboxylic acid groups (broad SMARTS) is 1. The van der Waals surface area contributed by atoms with Crippen LogP contribution in [0.5, 0.6) is 0 Å². The lowest BCUT2D eigenvalue weighted by atomic mass is 10.1. The Hall–Kier alpha value is -4.18. The maximum atomic E-state index is 11.8. The Morgan fingerprint density at radius 2 is 1.75 bits per heavy atom. The van der Waals surface area contributed by atoms with Crippen molar-refractivity contribution in [3.8, 4) is 17.2 Å². The Morgan fingerprint density at radius 3 is 2.39 bits per heavy atom. The third-order valence-electron chi connectivity index (χ3n) is 3.93. The zero-order valence-electron chi connectivity index (χ0n) is 14.7. The number of nitrogens with one attached hydrogen (secondary N) is 2. The Labute approximate surface area is 161 Å². The van der Waals surface area contributed by atoms with E-state index in [4.69, 9.17) is 5.11 Å². The van der Waals surface area contributed by atoms with Gasteiger partial charge in [-0.05, 0) is 35.9 Å². The van der Waals surface area contributed by atoms with E-state index in [0.29, 0.717) is 22.6 Å². The molecule has 0 atom stereocenters. The van der Waals surface area contributed by atoms with E-state index in [1.165, 1.54) is 0 Å². The molecule has 0 saturated heterocycles. The fourth-order valence-corrected chi connectivity index (χ4v) is 2.54. The molecule has 0 radical (unpaired) electrons. The molecule has 0 spiro atoms. The first kappa shape index (κ1) is 18.6. The van der Waals surface area contributed by atoms with Crippen LogP contribution in [0.3, 0.4) is 0 Å². The molecule has 2 aromatic carbocycles. The molecule has 0 fully saturated rings. The van der Waals surface area contributed by atoms with Crippen LogP contribution in [-0.2, 0) is 4.79 Å². The summed E-state index contributed by atoms with van der Waals surface area (Å²) in [4.78, 5) is 26.7. The number of aliphatic carboxylic acids is 1. The Bertz CT molecular complexity index is 1040. The number of hydrogen-bond donors (Lipinski definition) is 3. The van der Waals surface area contributed by atoms with Gasteiger partial charge < -0.3 is 15.7 Å². The molecule has 7 nitrogen and oxygen atoms in total. The zero-order valence-corrected chi connectivity index (χ0v) is 14.7. The Morgan fingerprint density at radius 1 is 1.04 bits per heavy atom. The quantitative estimate of drug-likeness (QED) is 0.612. The molecule has 3 aromatic rings. The minimum atomic E-state index is -1.11. The van der Waals surface area contributed by atoms with E-state index in [1.807, 2.05) is 30.3 Å². The number of carbonyl (C=O) groups excluding carboxylic acids is 1. The van der Waals surface area contributed by atoms with Crippen molar-refractivity contribution in [2.24, 2.45) is 0 Å². The second-order valence-electron chi connectivity index (χ2n) is 5.88. The number of benzene rings is 2. The molecule has 0 aliphatic rings. The van der Waals surface area contributed by atoms with Crippen molar-refractivity contribution in [1.29, 1.82) is 5.26 Å². The lowest BCUT2D eigenvalue weighted by molar-refractivity contribution is -0.135. The van der Waals surface area contributed by atoms with Crippen LogP contribution in [0.4, 0.5) is 11.5 Å². The average Bonchev–Trinajstić information content (AvgIpc) is 2.73. The van der Waals surface area contributed by atoms with Crippen LogP contribution in [-0.4, -0.2) is 28.5 Å². The third kappa shape index (κ3) is 4.51. The summed E-state index contributed by atoms with van der Waals surface area (Å²) in [6, 6.07) is 20.0. The van der Waals surface area contributed by atoms with Crippen LogP contribution in [0.25, 0.3) is 11.1 Å². The van der Waals surface area contributed by atoms with Gasteiger partial charge in [-0.25, -0.2) is 4.98 Å². The molecule has 1 aromatic heterocycles. The highest BCUT2D eigenvalue weighted by Gasteiger charge is 2.09. The third-order valence-corrected chi connectivity index (χ3v) is 3.93. The van der Waals surface area contributed by atoms with Crippen molar-refractivity contribution in [2.45, 2.75) is 0 Å². The summed E-state index contributed by atoms with van der Waals surface area (Å²) in [6.07, 6.45) is 1.69. The number of nitriles is 1. The van der Waals surface area contributed by atoms with Gasteiger partial charge in [0.25, 0.3) is 5.91 Å². The van der Waals surface area contributed by atoms with Crippen molar-refractivity contribution in [3.05, 3.63) is 78.0 Å². The van der Waals surface area contributed by atoms with Gasteiger partial charge in [-0.3, -0.25) is 9.59 Å². The first-order chi connectivity index (χ1) is 13.6. The molecule has 0 bridgehead atoms. The zero-order chi connectivity index (χ0) is 19.9. The van der Waals surface area contributed by atoms with Gasteiger partial charge in [-0.1, -0.05) is 30.3 Å². The lowest BCUT2D eigenvalue weighted by Gasteiger charge is -2.10. The normalized spacial score (nSPS) is 9.96. The van der Waals surface area contributed by atoms with Gasteiger partial charge >= 0.3 is 5.97 Å². The molecule has 1 amide bonds. The van der Waals surface area contributed by atoms with Gasteiger partial charge in [0, 0.05) is 23.0 Å². The monoisotopic (exact) mass is 372 g/mol. The SMILES string of the molecule is N#Cc1cc(-c2ccccc2)cnc1Nc1ccc(C(=O)NCC(=O)O)cc1. The molecular weight excluding hydrogens is 356 g/mol. The Kier molecular flexibility index (Phi) is 5.63. The van der Waals surface area contributed by atoms with E-state index in [0.717, 1.165) is 11.1 Å². The fourth-order valence-electron chi connectivity index (χ4n) is 2.54. The molecule has 0 saturated carbocycles. The van der Waals surface area contributed by atoms with Crippen LogP contribution in [0.2, 0.25) is 0 Å². The highest BCUT2D eigenvalue weighted by molar-refractivity contribution is 5.96. The number of carboxylic acids is 1. The summed E-state index contributed by atoms with van der Waals surface area (Å²) in [5, 5.41) is 23.4. The van der Waals surface area contributed by atoms with Crippen LogP contribution in [0, 0.1) is 11.3 Å². The number of hydrogen-bond acceptors (Lipinski definition) is 5. The molecule has 3 N–H and O–H groups in total. The first-order valence-corrected chi connectivity index (χ1v) is 8.39. The molecule has 28 heavy (non-hydrogen) atoms. The molecule has 0 aliphatic carbocycles. The molecule has 3 rings (SSSR count). The van der Waals surface area contributed by atoms with Crippen molar-refractivity contribution >= 4 is 23.4 Å². The molecule has 0 aliphatic heterocycles. The van der Waals surface area contributed by atoms with Crippen molar-refractivity contribution in [1.82, 2.24) is 10.3 Å². The van der Waals surface area contributed by atoms with Crippen LogP contribution in [0.1, 0.15) is 15.9 Å². The number of aromatic nitrogens is 1. The highest BCUT2D eigenvalue weighted by atomic mass is 16.4. The van der Waals surface area contributed by atoms with Gasteiger partial charge in [0.1, 0.15) is 18.4 Å². The van der Waals surface area contributed by atoms with Crippen molar-refractivity contribution in [2.75, 3.05) is 11.9 Å². The summed E-state index contributed by atoms with van der Waals surface area (Å²) >= 11 is 0. The van der Waals surface area contributed by atoms with Gasteiger partial charge in [-0.15, -0.1) is 0 Å². The first-order valence-electron chi connectivity index (χ1n) is 8.39. The minimum absolute atomic E-state index is 0.333. The van der Waals surface area contributed by atoms with Crippen molar-refractivity contribution < 1.29 is 14.7 Å². The molecule has 7 heteroatoms. The summed E-state index contributed by atoms with van der Waals surface area (Å²) < 4.78 is 0. The summed E-state index contributed by atoms with van der Waals surface area (Å²) in [6.45, 7) is -0.442. The van der Waals surface area contributed by atoms with Gasteiger partial charge in [-0.2, -0.15) is 5.26 Å². The largest absolute Gasteiger partial charge is 0.480 e. The molecular formula is C21H16N4O3. The summed E-state index contributed by atoms with van der Waals surface area (Å²) in [5.74, 6) is -1.18. The second-order valence-corrected chi connectivity index (χ2v) is 5.88. The molecule has 1 heterocycles. The summed E-state index contributed by atoms with van der Waals surface area (Å²) in [5.41, 5.74) is 3.18. The van der Waals surface area contributed by atoms with E-state index >= 15 is 0 Å². The molecule has 0 unspecified atom stereocenters. The van der Waals surface area contributed by atoms with E-state index < -0.39 is 18.4 Å². The van der Waals surface area contributed by atoms with Crippen LogP contribution >= 0.6 is 0 Å². The number of amides is 1. The van der Waals surface area contributed by atoms with E-state index in [2.05, 4.69) is 21.7 Å². The van der Waals surface area contributed by atoms with Gasteiger partial charge in [0.15, 0.2) is 0 Å². The predicted molar refractivity (Wildman–Crippen MR) is 104 cm³/mol. The second kappa shape index (κ2) is 8.47. The number of anilines is 2. The maximum absolute atomic E-state index is 11.8. The highest BCUT2D eigenvalue weighted by Crippen LogP contribution is 2.24. The fraction of sp³-hybridized carbons (Fsp3) is 0.0476. The summed E-state index contributed by atoms with van der Waals surface area (Å²) in [7, 11) is 0. The van der Waals surface area contributed by atoms with Gasteiger partial charge in [0.05, 0.1) is 5.56 Å². The maximum Gasteiger partial charge on any atom is 0.322 e. The number of pyridine rings is 1.